The van der Waals surface area contributed by atoms with E-state index < -0.39 is 0 Å². The number of nitrogens with two attached hydrogens (primary N) is 1. The van der Waals surface area contributed by atoms with Crippen molar-refractivity contribution in [2.24, 2.45) is 5.73 Å². The van der Waals surface area contributed by atoms with Crippen molar-refractivity contribution in [1.29, 1.82) is 0 Å². The van der Waals surface area contributed by atoms with Crippen molar-refractivity contribution in [2.75, 3.05) is 13.1 Å². The molecule has 2 nitrogen and oxygen atoms in total. The van der Waals surface area contributed by atoms with Gasteiger partial charge in [0.05, 0.1) is 0 Å². The van der Waals surface area contributed by atoms with Gasteiger partial charge in [-0.2, -0.15) is 0 Å². The van der Waals surface area contributed by atoms with E-state index in [4.69, 9.17) is 17.3 Å². The number of unbranched alkanes of at least 4 members (excludes halogenated alkanes) is 2. The summed E-state index contributed by atoms with van der Waals surface area (Å²) in [6.07, 6.45) is 4.77. The average Bonchev–Trinajstić information content (AvgIpc) is 2.41. The van der Waals surface area contributed by atoms with Crippen LogP contribution in [-0.4, -0.2) is 24.0 Å². The first kappa shape index (κ1) is 19.0. The summed E-state index contributed by atoms with van der Waals surface area (Å²) in [7, 11) is 0. The van der Waals surface area contributed by atoms with E-state index in [1.807, 2.05) is 18.2 Å². The molecule has 120 valence electrons. The minimum atomic E-state index is -0.00183. The quantitative estimate of drug-likeness (QED) is 0.586. The Labute approximate surface area is 143 Å². The Morgan fingerprint density at radius 3 is 2.52 bits per heavy atom. The normalized spacial score (nSPS) is 13.1. The summed E-state index contributed by atoms with van der Waals surface area (Å²) in [5.41, 5.74) is 7.36. The van der Waals surface area contributed by atoms with Gasteiger partial charge in [0.2, 0.25) is 0 Å². The molecule has 0 saturated heterocycles. The first-order chi connectivity index (χ1) is 9.95. The average molecular weight is 376 g/mol. The third-order valence-corrected chi connectivity index (χ3v) is 4.69. The molecular weight excluding hydrogens is 348 g/mol. The number of benzene rings is 1. The summed E-state index contributed by atoms with van der Waals surface area (Å²) in [4.78, 5) is 2.52. The number of halogens is 2. The Kier molecular flexibility index (Phi) is 8.88. The van der Waals surface area contributed by atoms with Crippen LogP contribution in [-0.2, 0) is 0 Å². The molecule has 0 amide bonds. The topological polar surface area (TPSA) is 29.3 Å². The number of nitrogens with zero attached hydrogens (tertiary/aromatic N) is 1. The Morgan fingerprint density at radius 2 is 1.95 bits per heavy atom. The maximum atomic E-state index is 6.32. The van der Waals surface area contributed by atoms with Crippen LogP contribution in [0.2, 0.25) is 5.02 Å². The largest absolute Gasteiger partial charge is 0.324 e. The Morgan fingerprint density at radius 1 is 1.24 bits per heavy atom. The fourth-order valence-corrected chi connectivity index (χ4v) is 3.27. The van der Waals surface area contributed by atoms with Crippen molar-refractivity contribution in [3.05, 3.63) is 33.3 Å². The maximum absolute atomic E-state index is 6.32. The third-order valence-electron chi connectivity index (χ3n) is 3.87. The molecule has 1 aromatic carbocycles. The van der Waals surface area contributed by atoms with Gasteiger partial charge >= 0.3 is 0 Å². The van der Waals surface area contributed by atoms with Crippen LogP contribution in [0, 0.1) is 0 Å². The van der Waals surface area contributed by atoms with Gasteiger partial charge in [-0.15, -0.1) is 0 Å². The van der Waals surface area contributed by atoms with Crippen LogP contribution in [0.3, 0.4) is 0 Å². The predicted molar refractivity (Wildman–Crippen MR) is 96.9 cm³/mol. The zero-order valence-electron chi connectivity index (χ0n) is 13.4. The molecule has 21 heavy (non-hydrogen) atoms. The van der Waals surface area contributed by atoms with E-state index in [0.29, 0.717) is 6.04 Å². The van der Waals surface area contributed by atoms with E-state index in [2.05, 4.69) is 41.6 Å². The highest BCUT2D eigenvalue weighted by Gasteiger charge is 2.14. The van der Waals surface area contributed by atoms with E-state index >= 15 is 0 Å². The molecule has 1 aromatic rings. The lowest BCUT2D eigenvalue weighted by molar-refractivity contribution is 0.209. The lowest BCUT2D eigenvalue weighted by Gasteiger charge is -2.28. The lowest BCUT2D eigenvalue weighted by Crippen LogP contribution is -2.34. The molecule has 0 aliphatic carbocycles. The van der Waals surface area contributed by atoms with E-state index in [0.717, 1.165) is 34.6 Å². The van der Waals surface area contributed by atoms with Crippen LogP contribution in [0.4, 0.5) is 0 Å². The van der Waals surface area contributed by atoms with Crippen molar-refractivity contribution in [2.45, 2.75) is 58.5 Å². The highest BCUT2D eigenvalue weighted by molar-refractivity contribution is 9.10. The van der Waals surface area contributed by atoms with E-state index in [-0.39, 0.29) is 6.04 Å². The molecule has 0 aromatic heterocycles. The molecule has 0 heterocycles. The number of hydrogen-bond donors (Lipinski definition) is 1. The molecule has 0 aliphatic rings. The van der Waals surface area contributed by atoms with Gasteiger partial charge < -0.3 is 10.6 Å². The van der Waals surface area contributed by atoms with Crippen LogP contribution >= 0.6 is 27.5 Å². The maximum Gasteiger partial charge on any atom is 0.0464 e. The van der Waals surface area contributed by atoms with E-state index in [9.17, 15) is 0 Å². The molecular formula is C17H28BrClN2. The Bertz CT molecular complexity index is 423. The summed E-state index contributed by atoms with van der Waals surface area (Å²) >= 11 is 9.71. The number of hydrogen-bond acceptors (Lipinski definition) is 2. The molecule has 2 N–H and O–H groups in total. The Balaban J connectivity index is 2.54. The van der Waals surface area contributed by atoms with Gasteiger partial charge in [-0.05, 0) is 50.9 Å². The fraction of sp³-hybridized carbons (Fsp3) is 0.647. The molecule has 0 fully saturated rings. The van der Waals surface area contributed by atoms with Crippen molar-refractivity contribution in [3.63, 3.8) is 0 Å². The van der Waals surface area contributed by atoms with Crippen LogP contribution < -0.4 is 5.73 Å². The minimum absolute atomic E-state index is 0.00183. The van der Waals surface area contributed by atoms with Crippen molar-refractivity contribution in [3.8, 4) is 0 Å². The minimum Gasteiger partial charge on any atom is -0.324 e. The van der Waals surface area contributed by atoms with Gasteiger partial charge in [-0.3, -0.25) is 0 Å². The van der Waals surface area contributed by atoms with E-state index in [1.165, 1.54) is 19.3 Å². The van der Waals surface area contributed by atoms with Gasteiger partial charge in [0.1, 0.15) is 0 Å². The van der Waals surface area contributed by atoms with Crippen LogP contribution in [0.25, 0.3) is 0 Å². The second-order valence-corrected chi connectivity index (χ2v) is 7.22. The zero-order chi connectivity index (χ0) is 15.8. The van der Waals surface area contributed by atoms with Gasteiger partial charge in [0, 0.05) is 28.1 Å². The summed E-state index contributed by atoms with van der Waals surface area (Å²) < 4.78 is 0.992. The van der Waals surface area contributed by atoms with Gasteiger partial charge in [0.15, 0.2) is 0 Å². The van der Waals surface area contributed by atoms with E-state index in [1.54, 1.807) is 0 Å². The standard InChI is InChI=1S/C17H28BrClN2/c1-4-5-6-10-21(13(2)3)11-9-17(20)15-8-7-14(18)12-16(15)19/h7-8,12-13,17H,4-6,9-11,20H2,1-3H3. The molecule has 1 atom stereocenters. The van der Waals surface area contributed by atoms with Crippen LogP contribution in [0.1, 0.15) is 58.1 Å². The molecule has 0 saturated carbocycles. The van der Waals surface area contributed by atoms with Crippen molar-refractivity contribution >= 4 is 27.5 Å². The summed E-state index contributed by atoms with van der Waals surface area (Å²) in [5, 5.41) is 0.749. The smallest absolute Gasteiger partial charge is 0.0464 e. The molecule has 0 radical (unpaired) electrons. The zero-order valence-corrected chi connectivity index (χ0v) is 15.8. The van der Waals surface area contributed by atoms with Gasteiger partial charge in [-0.25, -0.2) is 0 Å². The summed E-state index contributed by atoms with van der Waals surface area (Å²) in [6, 6.07) is 6.50. The lowest BCUT2D eigenvalue weighted by atomic mass is 10.0. The SMILES string of the molecule is CCCCCN(CCC(N)c1ccc(Br)cc1Cl)C(C)C. The summed E-state index contributed by atoms with van der Waals surface area (Å²) in [6.45, 7) is 8.93. The molecule has 4 heteroatoms. The Hall–Kier alpha value is -0.0900. The molecule has 0 bridgehead atoms. The first-order valence-electron chi connectivity index (χ1n) is 7.90. The fourth-order valence-electron chi connectivity index (χ4n) is 2.46. The second-order valence-electron chi connectivity index (χ2n) is 5.90. The van der Waals surface area contributed by atoms with Crippen molar-refractivity contribution < 1.29 is 0 Å². The van der Waals surface area contributed by atoms with Gasteiger partial charge in [0.25, 0.3) is 0 Å². The second kappa shape index (κ2) is 9.83. The van der Waals surface area contributed by atoms with Crippen LogP contribution in [0.15, 0.2) is 22.7 Å². The highest BCUT2D eigenvalue weighted by Crippen LogP contribution is 2.27. The first-order valence-corrected chi connectivity index (χ1v) is 9.07. The highest BCUT2D eigenvalue weighted by atomic mass is 79.9. The predicted octanol–water partition coefficient (Wildman–Crippen LogP) is 5.39. The van der Waals surface area contributed by atoms with Crippen molar-refractivity contribution in [1.82, 2.24) is 4.90 Å². The molecule has 0 aliphatic heterocycles. The monoisotopic (exact) mass is 374 g/mol. The summed E-state index contributed by atoms with van der Waals surface area (Å²) in [5.74, 6) is 0. The molecule has 1 rings (SSSR count). The molecule has 1 unspecified atom stereocenters. The molecule has 0 spiro atoms. The third kappa shape index (κ3) is 6.68. The van der Waals surface area contributed by atoms with Crippen LogP contribution in [0.5, 0.6) is 0 Å². The van der Waals surface area contributed by atoms with Gasteiger partial charge in [-0.1, -0.05) is 53.4 Å². The number of rotatable bonds is 9.